The van der Waals surface area contributed by atoms with Crippen molar-refractivity contribution in [3.05, 3.63) is 29.8 Å². The highest BCUT2D eigenvalue weighted by Crippen LogP contribution is 2.15. The van der Waals surface area contributed by atoms with Gasteiger partial charge in [-0.2, -0.15) is 0 Å². The summed E-state index contributed by atoms with van der Waals surface area (Å²) in [4.78, 5) is 2.29. The van der Waals surface area contributed by atoms with E-state index in [4.69, 9.17) is 4.74 Å². The fourth-order valence-electron chi connectivity index (χ4n) is 2.38. The molecule has 0 saturated carbocycles. The lowest BCUT2D eigenvalue weighted by molar-refractivity contribution is 0.224. The molecule has 1 aromatic rings. The third-order valence-corrected chi connectivity index (χ3v) is 3.39. The van der Waals surface area contributed by atoms with Gasteiger partial charge in [-0.25, -0.2) is 0 Å². The predicted octanol–water partition coefficient (Wildman–Crippen LogP) is 3.15. The lowest BCUT2D eigenvalue weighted by Crippen LogP contribution is -2.41. The molecular formula is C17H30N2O. The summed E-state index contributed by atoms with van der Waals surface area (Å²) in [6.07, 6.45) is 0.220. The van der Waals surface area contributed by atoms with Gasteiger partial charge in [0.1, 0.15) is 5.75 Å². The van der Waals surface area contributed by atoms with Gasteiger partial charge in [-0.15, -0.1) is 0 Å². The summed E-state index contributed by atoms with van der Waals surface area (Å²) in [5.74, 6) is 1.60. The Hall–Kier alpha value is -1.06. The predicted molar refractivity (Wildman–Crippen MR) is 86.2 cm³/mol. The first kappa shape index (κ1) is 17.0. The molecule has 1 rings (SSSR count). The Morgan fingerprint density at radius 1 is 1.15 bits per heavy atom. The molecular weight excluding hydrogens is 248 g/mol. The summed E-state index contributed by atoms with van der Waals surface area (Å²) < 4.78 is 5.72. The average Bonchev–Trinajstić information content (AvgIpc) is 2.33. The van der Waals surface area contributed by atoms with Crippen molar-refractivity contribution in [3.8, 4) is 5.75 Å². The maximum atomic E-state index is 5.72. The summed E-state index contributed by atoms with van der Waals surface area (Å²) in [6.45, 7) is 10.5. The number of nitrogens with zero attached hydrogens (tertiary/aromatic N) is 1. The lowest BCUT2D eigenvalue weighted by Gasteiger charge is -2.28. The largest absolute Gasteiger partial charge is 0.491 e. The molecule has 0 fully saturated rings. The molecule has 0 heterocycles. The van der Waals surface area contributed by atoms with Crippen molar-refractivity contribution >= 4 is 0 Å². The number of rotatable bonds is 8. The zero-order valence-corrected chi connectivity index (χ0v) is 13.8. The van der Waals surface area contributed by atoms with Crippen LogP contribution < -0.4 is 10.1 Å². The Morgan fingerprint density at radius 2 is 1.85 bits per heavy atom. The van der Waals surface area contributed by atoms with Crippen LogP contribution in [0.1, 0.15) is 33.3 Å². The maximum absolute atomic E-state index is 5.72. The molecule has 0 radical (unpaired) electrons. The smallest absolute Gasteiger partial charge is 0.120 e. The van der Waals surface area contributed by atoms with Crippen molar-refractivity contribution in [3.63, 3.8) is 0 Å². The topological polar surface area (TPSA) is 24.5 Å². The van der Waals surface area contributed by atoms with E-state index >= 15 is 0 Å². The summed E-state index contributed by atoms with van der Waals surface area (Å²) in [5.41, 5.74) is 1.27. The van der Waals surface area contributed by atoms with Crippen LogP contribution in [0.15, 0.2) is 24.3 Å². The minimum Gasteiger partial charge on any atom is -0.491 e. The SMILES string of the molecule is CC(C)Oc1cccc(CNCC(C(C)C)N(C)C)c1. The Kier molecular flexibility index (Phi) is 7.03. The Morgan fingerprint density at radius 3 is 2.40 bits per heavy atom. The molecule has 0 aromatic heterocycles. The lowest BCUT2D eigenvalue weighted by atomic mass is 10.0. The van der Waals surface area contributed by atoms with E-state index in [2.05, 4.69) is 70.2 Å². The van der Waals surface area contributed by atoms with Crippen molar-refractivity contribution in [2.75, 3.05) is 20.6 Å². The second-order valence-corrected chi connectivity index (χ2v) is 6.22. The number of nitrogens with one attached hydrogen (secondary N) is 1. The minimum absolute atomic E-state index is 0.220. The summed E-state index contributed by atoms with van der Waals surface area (Å²) in [5, 5.41) is 3.55. The molecule has 114 valence electrons. The van der Waals surface area contributed by atoms with Crippen LogP contribution in [0.25, 0.3) is 0 Å². The molecule has 3 heteroatoms. The van der Waals surface area contributed by atoms with Gasteiger partial charge in [0.25, 0.3) is 0 Å². The zero-order valence-electron chi connectivity index (χ0n) is 13.8. The maximum Gasteiger partial charge on any atom is 0.120 e. The van der Waals surface area contributed by atoms with Gasteiger partial charge in [0, 0.05) is 19.1 Å². The molecule has 1 aromatic carbocycles. The van der Waals surface area contributed by atoms with E-state index < -0.39 is 0 Å². The van der Waals surface area contributed by atoms with Gasteiger partial charge in [0.2, 0.25) is 0 Å². The first-order chi connectivity index (χ1) is 9.40. The van der Waals surface area contributed by atoms with Crippen LogP contribution in [0.4, 0.5) is 0 Å². The molecule has 0 bridgehead atoms. The fourth-order valence-corrected chi connectivity index (χ4v) is 2.38. The zero-order chi connectivity index (χ0) is 15.1. The molecule has 3 nitrogen and oxygen atoms in total. The second kappa shape index (κ2) is 8.28. The van der Waals surface area contributed by atoms with E-state index in [1.807, 2.05) is 6.07 Å². The van der Waals surface area contributed by atoms with Crippen molar-refractivity contribution < 1.29 is 4.74 Å². The Labute approximate surface area is 124 Å². The highest BCUT2D eigenvalue weighted by atomic mass is 16.5. The number of benzene rings is 1. The van der Waals surface area contributed by atoms with Gasteiger partial charge in [-0.05, 0) is 51.6 Å². The molecule has 1 unspecified atom stereocenters. The van der Waals surface area contributed by atoms with E-state index in [0.717, 1.165) is 18.8 Å². The van der Waals surface area contributed by atoms with Crippen LogP contribution in [-0.2, 0) is 6.54 Å². The van der Waals surface area contributed by atoms with E-state index in [1.165, 1.54) is 5.56 Å². The van der Waals surface area contributed by atoms with E-state index in [9.17, 15) is 0 Å². The van der Waals surface area contributed by atoms with Crippen LogP contribution in [-0.4, -0.2) is 37.7 Å². The highest BCUT2D eigenvalue weighted by molar-refractivity contribution is 5.28. The van der Waals surface area contributed by atoms with Gasteiger partial charge < -0.3 is 15.0 Å². The van der Waals surface area contributed by atoms with E-state index in [1.54, 1.807) is 0 Å². The van der Waals surface area contributed by atoms with Gasteiger partial charge in [0.05, 0.1) is 6.10 Å². The molecule has 0 aliphatic carbocycles. The van der Waals surface area contributed by atoms with E-state index in [0.29, 0.717) is 12.0 Å². The summed E-state index contributed by atoms with van der Waals surface area (Å²) >= 11 is 0. The van der Waals surface area contributed by atoms with E-state index in [-0.39, 0.29) is 6.10 Å². The van der Waals surface area contributed by atoms with Crippen LogP contribution in [0.3, 0.4) is 0 Å². The number of likely N-dealkylation sites (N-methyl/N-ethyl adjacent to an activating group) is 1. The van der Waals surface area contributed by atoms with Crippen molar-refractivity contribution in [2.24, 2.45) is 5.92 Å². The average molecular weight is 278 g/mol. The van der Waals surface area contributed by atoms with Gasteiger partial charge >= 0.3 is 0 Å². The molecule has 20 heavy (non-hydrogen) atoms. The number of ether oxygens (including phenoxy) is 1. The van der Waals surface area contributed by atoms with Crippen LogP contribution in [0.2, 0.25) is 0 Å². The standard InChI is InChI=1S/C17H30N2O/c1-13(2)17(19(5)6)12-18-11-15-8-7-9-16(10-15)20-14(3)4/h7-10,13-14,17-18H,11-12H2,1-6H3. The monoisotopic (exact) mass is 278 g/mol. The summed E-state index contributed by atoms with van der Waals surface area (Å²) in [7, 11) is 4.28. The second-order valence-electron chi connectivity index (χ2n) is 6.22. The van der Waals surface area contributed by atoms with Crippen molar-refractivity contribution in [1.82, 2.24) is 10.2 Å². The number of hydrogen-bond acceptors (Lipinski definition) is 3. The Balaban J connectivity index is 2.49. The highest BCUT2D eigenvalue weighted by Gasteiger charge is 2.14. The van der Waals surface area contributed by atoms with Crippen LogP contribution in [0.5, 0.6) is 5.75 Å². The Bertz CT molecular complexity index is 380. The first-order valence-corrected chi connectivity index (χ1v) is 7.53. The molecule has 0 aliphatic rings. The molecule has 0 spiro atoms. The first-order valence-electron chi connectivity index (χ1n) is 7.53. The van der Waals surface area contributed by atoms with Gasteiger partial charge in [0.15, 0.2) is 0 Å². The normalized spacial score (nSPS) is 13.2. The number of hydrogen-bond donors (Lipinski definition) is 1. The third kappa shape index (κ3) is 5.93. The van der Waals surface area contributed by atoms with Crippen molar-refractivity contribution in [1.29, 1.82) is 0 Å². The molecule has 0 saturated heterocycles. The van der Waals surface area contributed by atoms with Crippen LogP contribution in [0, 0.1) is 5.92 Å². The van der Waals surface area contributed by atoms with Crippen molar-refractivity contribution in [2.45, 2.75) is 46.4 Å². The molecule has 0 amide bonds. The van der Waals surface area contributed by atoms with Gasteiger partial charge in [-0.3, -0.25) is 0 Å². The third-order valence-electron chi connectivity index (χ3n) is 3.39. The van der Waals surface area contributed by atoms with Crippen LogP contribution >= 0.6 is 0 Å². The molecule has 1 N–H and O–H groups in total. The van der Waals surface area contributed by atoms with Gasteiger partial charge in [-0.1, -0.05) is 26.0 Å². The fraction of sp³-hybridized carbons (Fsp3) is 0.647. The minimum atomic E-state index is 0.220. The molecule has 1 atom stereocenters. The molecule has 0 aliphatic heterocycles. The quantitative estimate of drug-likeness (QED) is 0.790. The summed E-state index contributed by atoms with van der Waals surface area (Å²) in [6, 6.07) is 8.89.